The van der Waals surface area contributed by atoms with Crippen LogP contribution in [0, 0.1) is 21.4 Å². The second-order valence-electron chi connectivity index (χ2n) is 2.73. The lowest BCUT2D eigenvalue weighted by molar-refractivity contribution is -0.385. The van der Waals surface area contributed by atoms with Crippen molar-refractivity contribution in [2.24, 2.45) is 0 Å². The quantitative estimate of drug-likeness (QED) is 0.359. The molecule has 0 radical (unpaired) electrons. The van der Waals surface area contributed by atoms with Crippen LogP contribution in [0.25, 0.3) is 0 Å². The number of nitro benzene ring substituents is 1. The van der Waals surface area contributed by atoms with E-state index in [1.54, 1.807) is 6.07 Å². The first-order valence-corrected chi connectivity index (χ1v) is 4.92. The second kappa shape index (κ2) is 5.27. The summed E-state index contributed by atoms with van der Waals surface area (Å²) in [5.74, 6) is -0.305. The van der Waals surface area contributed by atoms with Gasteiger partial charge in [0.15, 0.2) is 0 Å². The van der Waals surface area contributed by atoms with Crippen molar-refractivity contribution in [1.29, 1.82) is 5.26 Å². The molecule has 88 valence electrons. The lowest BCUT2D eigenvalue weighted by atomic mass is 10.2. The van der Waals surface area contributed by atoms with Gasteiger partial charge in [0.2, 0.25) is 5.75 Å². The van der Waals surface area contributed by atoms with E-state index in [9.17, 15) is 14.9 Å². The van der Waals surface area contributed by atoms with Crippen molar-refractivity contribution in [3.8, 4) is 11.8 Å². The Balaban J connectivity index is 3.32. The Morgan fingerprint density at radius 1 is 1.59 bits per heavy atom. The third-order valence-corrected chi connectivity index (χ3v) is 2.29. The number of carbonyl (C=O) groups excluding carboxylic acids is 1. The van der Waals surface area contributed by atoms with Crippen molar-refractivity contribution >= 4 is 27.8 Å². The fraction of sp³-hybridized carbons (Fsp3) is 0.111. The first-order chi connectivity index (χ1) is 7.99. The van der Waals surface area contributed by atoms with Gasteiger partial charge in [0, 0.05) is 6.07 Å². The van der Waals surface area contributed by atoms with Gasteiger partial charge < -0.3 is 9.47 Å². The number of halogens is 1. The van der Waals surface area contributed by atoms with Crippen LogP contribution in [0.15, 0.2) is 16.6 Å². The number of nitrogens with zero attached hydrogens (tertiary/aromatic N) is 2. The largest absolute Gasteiger partial charge is 0.513 e. The number of methoxy groups -OCH3 is 1. The van der Waals surface area contributed by atoms with Crippen LogP contribution in [0.1, 0.15) is 5.56 Å². The maximum Gasteiger partial charge on any atom is 0.513 e. The summed E-state index contributed by atoms with van der Waals surface area (Å²) >= 11 is 2.98. The maximum atomic E-state index is 10.9. The number of nitriles is 1. The van der Waals surface area contributed by atoms with Crippen molar-refractivity contribution in [2.45, 2.75) is 0 Å². The fourth-order valence-corrected chi connectivity index (χ4v) is 1.54. The molecule has 0 bridgehead atoms. The predicted octanol–water partition coefficient (Wildman–Crippen LogP) is 2.37. The average Bonchev–Trinajstić information content (AvgIpc) is 2.30. The molecule has 0 spiro atoms. The van der Waals surface area contributed by atoms with Gasteiger partial charge in [-0.15, -0.1) is 0 Å². The van der Waals surface area contributed by atoms with Gasteiger partial charge in [-0.3, -0.25) is 10.1 Å². The molecular formula is C9H5BrN2O5. The highest BCUT2D eigenvalue weighted by molar-refractivity contribution is 9.10. The second-order valence-corrected chi connectivity index (χ2v) is 3.59. The summed E-state index contributed by atoms with van der Waals surface area (Å²) in [5, 5.41) is 19.4. The summed E-state index contributed by atoms with van der Waals surface area (Å²) in [6, 6.07) is 4.05. The lowest BCUT2D eigenvalue weighted by Crippen LogP contribution is -2.09. The Labute approximate surface area is 104 Å². The van der Waals surface area contributed by atoms with Crippen molar-refractivity contribution in [2.75, 3.05) is 7.11 Å². The van der Waals surface area contributed by atoms with Crippen LogP contribution in [0.5, 0.6) is 5.75 Å². The molecule has 0 N–H and O–H groups in total. The van der Waals surface area contributed by atoms with E-state index in [-0.39, 0.29) is 15.8 Å². The Morgan fingerprint density at radius 2 is 2.24 bits per heavy atom. The predicted molar refractivity (Wildman–Crippen MR) is 58.5 cm³/mol. The number of nitro groups is 1. The van der Waals surface area contributed by atoms with E-state index in [2.05, 4.69) is 25.4 Å². The summed E-state index contributed by atoms with van der Waals surface area (Å²) in [6.45, 7) is 0. The van der Waals surface area contributed by atoms with Gasteiger partial charge in [-0.1, -0.05) is 0 Å². The summed E-state index contributed by atoms with van der Waals surface area (Å²) in [4.78, 5) is 20.9. The van der Waals surface area contributed by atoms with E-state index in [1.807, 2.05) is 0 Å². The minimum Gasteiger partial charge on any atom is -0.437 e. The van der Waals surface area contributed by atoms with E-state index in [0.29, 0.717) is 0 Å². The molecule has 0 aliphatic rings. The molecular weight excluding hydrogens is 296 g/mol. The van der Waals surface area contributed by atoms with Gasteiger partial charge in [0.05, 0.1) is 28.1 Å². The van der Waals surface area contributed by atoms with Gasteiger partial charge in [-0.25, -0.2) is 4.79 Å². The minimum absolute atomic E-state index is 0.0702. The fourth-order valence-electron chi connectivity index (χ4n) is 1.01. The van der Waals surface area contributed by atoms with Crippen LogP contribution < -0.4 is 4.74 Å². The van der Waals surface area contributed by atoms with E-state index in [1.165, 1.54) is 6.07 Å². The lowest BCUT2D eigenvalue weighted by Gasteiger charge is -2.05. The Morgan fingerprint density at radius 3 is 2.71 bits per heavy atom. The van der Waals surface area contributed by atoms with E-state index >= 15 is 0 Å². The molecule has 0 aliphatic heterocycles. The van der Waals surface area contributed by atoms with Gasteiger partial charge in [-0.05, 0) is 22.0 Å². The molecule has 0 fully saturated rings. The Bertz CT molecular complexity index is 523. The van der Waals surface area contributed by atoms with Crippen LogP contribution in [-0.2, 0) is 4.74 Å². The molecule has 0 aromatic heterocycles. The molecule has 8 heteroatoms. The molecule has 0 saturated carbocycles. The zero-order chi connectivity index (χ0) is 13.0. The third-order valence-electron chi connectivity index (χ3n) is 1.70. The maximum absolute atomic E-state index is 10.9. The number of hydrogen-bond acceptors (Lipinski definition) is 6. The molecule has 1 aromatic carbocycles. The number of carbonyl (C=O) groups is 1. The highest BCUT2D eigenvalue weighted by Crippen LogP contribution is 2.36. The SMILES string of the molecule is COC(=O)Oc1c(Br)cc(C#N)cc1[N+](=O)[O-]. The molecule has 1 rings (SSSR count). The average molecular weight is 301 g/mol. The molecule has 0 aliphatic carbocycles. The summed E-state index contributed by atoms with van der Waals surface area (Å²) in [6.07, 6.45) is -1.08. The standard InChI is InChI=1S/C9H5BrN2O5/c1-16-9(13)17-8-6(10)2-5(4-11)3-7(8)12(14)15/h2-3H,1H3. The first-order valence-electron chi connectivity index (χ1n) is 4.13. The van der Waals surface area contributed by atoms with Crippen molar-refractivity contribution in [3.63, 3.8) is 0 Å². The molecule has 17 heavy (non-hydrogen) atoms. The summed E-state index contributed by atoms with van der Waals surface area (Å²) in [7, 11) is 1.08. The Hall–Kier alpha value is -2.14. The van der Waals surface area contributed by atoms with E-state index in [4.69, 9.17) is 5.26 Å². The van der Waals surface area contributed by atoms with E-state index < -0.39 is 16.8 Å². The zero-order valence-corrected chi connectivity index (χ0v) is 10.1. The monoisotopic (exact) mass is 300 g/mol. The highest BCUT2D eigenvalue weighted by Gasteiger charge is 2.23. The van der Waals surface area contributed by atoms with Crippen LogP contribution in [-0.4, -0.2) is 18.2 Å². The zero-order valence-electron chi connectivity index (χ0n) is 8.47. The van der Waals surface area contributed by atoms with Gasteiger partial charge in [0.25, 0.3) is 0 Å². The van der Waals surface area contributed by atoms with Crippen molar-refractivity contribution in [1.82, 2.24) is 0 Å². The number of benzene rings is 1. The molecule has 0 amide bonds. The van der Waals surface area contributed by atoms with Crippen LogP contribution in [0.3, 0.4) is 0 Å². The van der Waals surface area contributed by atoms with Gasteiger partial charge in [-0.2, -0.15) is 5.26 Å². The van der Waals surface area contributed by atoms with Crippen LogP contribution in [0.2, 0.25) is 0 Å². The highest BCUT2D eigenvalue weighted by atomic mass is 79.9. The van der Waals surface area contributed by atoms with Gasteiger partial charge >= 0.3 is 11.8 Å². The molecule has 1 aromatic rings. The number of ether oxygens (including phenoxy) is 2. The molecule has 7 nitrogen and oxygen atoms in total. The van der Waals surface area contributed by atoms with Gasteiger partial charge in [0.1, 0.15) is 0 Å². The topological polar surface area (TPSA) is 102 Å². The van der Waals surface area contributed by atoms with Crippen LogP contribution >= 0.6 is 15.9 Å². The van der Waals surface area contributed by atoms with Crippen molar-refractivity contribution in [3.05, 3.63) is 32.3 Å². The third kappa shape index (κ3) is 2.92. The molecule has 0 heterocycles. The minimum atomic E-state index is -1.08. The summed E-state index contributed by atoms with van der Waals surface area (Å²) in [5.41, 5.74) is -0.429. The smallest absolute Gasteiger partial charge is 0.437 e. The Kier molecular flexibility index (Phi) is 4.01. The van der Waals surface area contributed by atoms with E-state index in [0.717, 1.165) is 13.2 Å². The molecule has 0 unspecified atom stereocenters. The normalized spacial score (nSPS) is 9.24. The van der Waals surface area contributed by atoms with Crippen LogP contribution in [0.4, 0.5) is 10.5 Å². The molecule has 0 atom stereocenters. The first kappa shape index (κ1) is 12.9. The molecule has 0 saturated heterocycles. The number of hydrogen-bond donors (Lipinski definition) is 0. The number of rotatable bonds is 2. The summed E-state index contributed by atoms with van der Waals surface area (Å²) < 4.78 is 8.98. The van der Waals surface area contributed by atoms with Crippen molar-refractivity contribution < 1.29 is 19.2 Å².